The molecule has 1 amide bonds. The molecule has 1 fully saturated rings. The second kappa shape index (κ2) is 7.72. The van der Waals surface area contributed by atoms with Gasteiger partial charge in [-0.1, -0.05) is 50.7 Å². The SMILES string of the molecule is CC(C)(C)c1ccc(NC(=O)CSc2nnc(-c3cccs3)n2C2CC2)cc1. The normalized spacial score (nSPS) is 14.2. The number of anilines is 1. The molecule has 2 heterocycles. The number of nitrogens with one attached hydrogen (secondary N) is 1. The maximum Gasteiger partial charge on any atom is 0.234 e. The Kier molecular flexibility index (Phi) is 5.29. The van der Waals surface area contributed by atoms with Crippen molar-refractivity contribution in [1.82, 2.24) is 14.8 Å². The zero-order valence-electron chi connectivity index (χ0n) is 16.3. The summed E-state index contributed by atoms with van der Waals surface area (Å²) in [7, 11) is 0. The molecule has 146 valence electrons. The van der Waals surface area contributed by atoms with Crippen LogP contribution < -0.4 is 5.32 Å². The van der Waals surface area contributed by atoms with Gasteiger partial charge in [0.1, 0.15) is 0 Å². The third kappa shape index (κ3) is 4.31. The molecule has 0 aliphatic heterocycles. The Morgan fingerprint density at radius 2 is 1.96 bits per heavy atom. The average molecular weight is 413 g/mol. The minimum Gasteiger partial charge on any atom is -0.325 e. The molecule has 5 nitrogen and oxygen atoms in total. The second-order valence-electron chi connectivity index (χ2n) is 8.05. The molecule has 0 radical (unpaired) electrons. The summed E-state index contributed by atoms with van der Waals surface area (Å²) in [6.45, 7) is 6.53. The van der Waals surface area contributed by atoms with E-state index in [1.165, 1.54) is 17.3 Å². The Bertz CT molecular complexity index is 951. The van der Waals surface area contributed by atoms with Crippen molar-refractivity contribution in [3.8, 4) is 10.7 Å². The Balaban J connectivity index is 1.40. The number of hydrogen-bond acceptors (Lipinski definition) is 5. The first-order valence-electron chi connectivity index (χ1n) is 9.44. The van der Waals surface area contributed by atoms with Crippen LogP contribution in [0.1, 0.15) is 45.2 Å². The fraction of sp³-hybridized carbons (Fsp3) is 0.381. The summed E-state index contributed by atoms with van der Waals surface area (Å²) in [6.07, 6.45) is 2.30. The predicted octanol–water partition coefficient (Wildman–Crippen LogP) is 5.37. The van der Waals surface area contributed by atoms with E-state index < -0.39 is 0 Å². The number of carbonyl (C=O) groups is 1. The lowest BCUT2D eigenvalue weighted by atomic mass is 9.87. The number of carbonyl (C=O) groups excluding carboxylic acids is 1. The standard InChI is InChI=1S/C21H24N4OS2/c1-21(2,3)14-6-8-15(9-7-14)22-18(26)13-28-20-24-23-19(17-5-4-12-27-17)25(20)16-10-11-16/h4-9,12,16H,10-11,13H2,1-3H3,(H,22,26). The Labute approximate surface area is 173 Å². The van der Waals surface area contributed by atoms with Gasteiger partial charge in [0.15, 0.2) is 11.0 Å². The summed E-state index contributed by atoms with van der Waals surface area (Å²) >= 11 is 3.12. The average Bonchev–Trinajstić information content (AvgIpc) is 3.17. The highest BCUT2D eigenvalue weighted by molar-refractivity contribution is 7.99. The maximum atomic E-state index is 12.4. The molecular formula is C21H24N4OS2. The molecule has 1 aliphatic rings. The lowest BCUT2D eigenvalue weighted by Gasteiger charge is -2.19. The van der Waals surface area contributed by atoms with Crippen LogP contribution in [0.3, 0.4) is 0 Å². The van der Waals surface area contributed by atoms with Gasteiger partial charge >= 0.3 is 0 Å². The molecule has 28 heavy (non-hydrogen) atoms. The van der Waals surface area contributed by atoms with Crippen molar-refractivity contribution in [2.45, 2.75) is 50.2 Å². The lowest BCUT2D eigenvalue weighted by Crippen LogP contribution is -2.15. The fourth-order valence-corrected chi connectivity index (χ4v) is 4.50. The molecule has 0 saturated heterocycles. The molecule has 3 aromatic rings. The van der Waals surface area contributed by atoms with E-state index in [0.29, 0.717) is 11.8 Å². The molecule has 0 bridgehead atoms. The van der Waals surface area contributed by atoms with E-state index in [0.717, 1.165) is 34.4 Å². The van der Waals surface area contributed by atoms with Gasteiger partial charge in [-0.05, 0) is 47.4 Å². The smallest absolute Gasteiger partial charge is 0.234 e. The molecule has 0 atom stereocenters. The van der Waals surface area contributed by atoms with Gasteiger partial charge in [0.2, 0.25) is 5.91 Å². The van der Waals surface area contributed by atoms with Gasteiger partial charge in [-0.15, -0.1) is 21.5 Å². The third-order valence-electron chi connectivity index (χ3n) is 4.69. The summed E-state index contributed by atoms with van der Waals surface area (Å²) in [5, 5.41) is 14.6. The van der Waals surface area contributed by atoms with Crippen molar-refractivity contribution in [3.05, 3.63) is 47.3 Å². The van der Waals surface area contributed by atoms with Gasteiger partial charge < -0.3 is 5.32 Å². The van der Waals surface area contributed by atoms with Gasteiger partial charge in [0.25, 0.3) is 0 Å². The number of rotatable bonds is 6. The van der Waals surface area contributed by atoms with Crippen molar-refractivity contribution < 1.29 is 4.79 Å². The van der Waals surface area contributed by atoms with E-state index in [2.05, 4.69) is 59.1 Å². The van der Waals surface area contributed by atoms with Gasteiger partial charge in [-0.3, -0.25) is 9.36 Å². The van der Waals surface area contributed by atoms with Gasteiger partial charge in [0.05, 0.1) is 10.6 Å². The molecule has 1 aliphatic carbocycles. The summed E-state index contributed by atoms with van der Waals surface area (Å²) < 4.78 is 2.20. The first-order chi connectivity index (χ1) is 13.4. The molecule has 2 aromatic heterocycles. The minimum absolute atomic E-state index is 0.0310. The van der Waals surface area contributed by atoms with Crippen LogP contribution in [0.25, 0.3) is 10.7 Å². The molecule has 4 rings (SSSR count). The van der Waals surface area contributed by atoms with Crippen molar-refractivity contribution >= 4 is 34.7 Å². The van der Waals surface area contributed by atoms with Crippen molar-refractivity contribution in [2.24, 2.45) is 0 Å². The molecule has 0 unspecified atom stereocenters. The van der Waals surface area contributed by atoms with Crippen LogP contribution in [-0.2, 0) is 10.2 Å². The number of benzene rings is 1. The van der Waals surface area contributed by atoms with Crippen LogP contribution >= 0.6 is 23.1 Å². The fourth-order valence-electron chi connectivity index (χ4n) is 2.99. The number of nitrogens with zero attached hydrogens (tertiary/aromatic N) is 3. The van der Waals surface area contributed by atoms with E-state index in [1.807, 2.05) is 23.6 Å². The predicted molar refractivity (Wildman–Crippen MR) is 116 cm³/mol. The van der Waals surface area contributed by atoms with E-state index >= 15 is 0 Å². The van der Waals surface area contributed by atoms with Gasteiger partial charge in [0, 0.05) is 11.7 Å². The van der Waals surface area contributed by atoms with Crippen LogP contribution in [0.15, 0.2) is 46.9 Å². The molecule has 0 spiro atoms. The lowest BCUT2D eigenvalue weighted by molar-refractivity contribution is -0.113. The topological polar surface area (TPSA) is 59.8 Å². The van der Waals surface area contributed by atoms with Crippen LogP contribution in [0.5, 0.6) is 0 Å². The Morgan fingerprint density at radius 1 is 1.21 bits per heavy atom. The van der Waals surface area contributed by atoms with E-state index in [9.17, 15) is 4.79 Å². The van der Waals surface area contributed by atoms with Gasteiger partial charge in [-0.25, -0.2) is 0 Å². The molecule has 7 heteroatoms. The summed E-state index contributed by atoms with van der Waals surface area (Å²) in [5.41, 5.74) is 2.17. The summed E-state index contributed by atoms with van der Waals surface area (Å²) in [6, 6.07) is 12.6. The first-order valence-corrected chi connectivity index (χ1v) is 11.3. The zero-order chi connectivity index (χ0) is 19.7. The summed E-state index contributed by atoms with van der Waals surface area (Å²) in [5.74, 6) is 1.20. The summed E-state index contributed by atoms with van der Waals surface area (Å²) in [4.78, 5) is 13.5. The van der Waals surface area contributed by atoms with E-state index in [4.69, 9.17) is 0 Å². The zero-order valence-corrected chi connectivity index (χ0v) is 17.9. The molecule has 1 N–H and O–H groups in total. The third-order valence-corrected chi connectivity index (χ3v) is 6.49. The quantitative estimate of drug-likeness (QED) is 0.553. The van der Waals surface area contributed by atoms with Crippen LogP contribution in [0.4, 0.5) is 5.69 Å². The second-order valence-corrected chi connectivity index (χ2v) is 9.94. The van der Waals surface area contributed by atoms with Crippen LogP contribution in [0, 0.1) is 0 Å². The van der Waals surface area contributed by atoms with Crippen LogP contribution in [0.2, 0.25) is 0 Å². The van der Waals surface area contributed by atoms with Crippen molar-refractivity contribution in [1.29, 1.82) is 0 Å². The maximum absolute atomic E-state index is 12.4. The number of amides is 1. The van der Waals surface area contributed by atoms with Crippen LogP contribution in [-0.4, -0.2) is 26.4 Å². The monoisotopic (exact) mass is 412 g/mol. The highest BCUT2D eigenvalue weighted by Crippen LogP contribution is 2.41. The number of aromatic nitrogens is 3. The first kappa shape index (κ1) is 19.2. The largest absolute Gasteiger partial charge is 0.325 e. The Hall–Kier alpha value is -2.12. The van der Waals surface area contributed by atoms with E-state index in [-0.39, 0.29) is 11.3 Å². The number of thioether (sulfide) groups is 1. The molecule has 1 aromatic carbocycles. The van der Waals surface area contributed by atoms with Crippen molar-refractivity contribution in [2.75, 3.05) is 11.1 Å². The number of thiophene rings is 1. The molecule has 1 saturated carbocycles. The van der Waals surface area contributed by atoms with Crippen molar-refractivity contribution in [3.63, 3.8) is 0 Å². The Morgan fingerprint density at radius 3 is 2.57 bits per heavy atom. The highest BCUT2D eigenvalue weighted by Gasteiger charge is 2.30. The minimum atomic E-state index is -0.0310. The van der Waals surface area contributed by atoms with E-state index in [1.54, 1.807) is 11.3 Å². The van der Waals surface area contributed by atoms with Gasteiger partial charge in [-0.2, -0.15) is 0 Å². The highest BCUT2D eigenvalue weighted by atomic mass is 32.2. The molecular weight excluding hydrogens is 388 g/mol. The number of hydrogen-bond donors (Lipinski definition) is 1.